The van der Waals surface area contributed by atoms with Crippen LogP contribution in [0.25, 0.3) is 0 Å². The van der Waals surface area contributed by atoms with Gasteiger partial charge < -0.3 is 21.1 Å². The van der Waals surface area contributed by atoms with E-state index in [1.807, 2.05) is 6.92 Å². The van der Waals surface area contributed by atoms with Crippen LogP contribution in [0.4, 0.5) is 10.1 Å². The number of benzene rings is 1. The van der Waals surface area contributed by atoms with Crippen LogP contribution >= 0.6 is 0 Å². The molecule has 2 aliphatic carbocycles. The number of hydrogen-bond acceptors (Lipinski definition) is 4. The van der Waals surface area contributed by atoms with Crippen LogP contribution in [0.5, 0.6) is 0 Å². The van der Waals surface area contributed by atoms with Crippen LogP contribution in [-0.2, 0) is 9.59 Å². The number of likely N-dealkylation sites (tertiary alicyclic amines) is 1. The molecule has 2 amide bonds. The van der Waals surface area contributed by atoms with Crippen molar-refractivity contribution in [2.75, 3.05) is 11.9 Å². The summed E-state index contributed by atoms with van der Waals surface area (Å²) in [5.74, 6) is -1.60. The maximum Gasteiger partial charge on any atom is 0.335 e. The molecule has 192 valence electrons. The first-order valence-corrected chi connectivity index (χ1v) is 13.2. The lowest BCUT2D eigenvalue weighted by Gasteiger charge is -2.36. The Morgan fingerprint density at radius 2 is 1.74 bits per heavy atom. The summed E-state index contributed by atoms with van der Waals surface area (Å²) in [6.45, 7) is 2.57. The minimum Gasteiger partial charge on any atom is -0.478 e. The van der Waals surface area contributed by atoms with Crippen LogP contribution in [-0.4, -0.2) is 46.4 Å². The van der Waals surface area contributed by atoms with Gasteiger partial charge in [0.2, 0.25) is 11.8 Å². The van der Waals surface area contributed by atoms with Gasteiger partial charge in [-0.3, -0.25) is 9.59 Å². The quantitative estimate of drug-likeness (QED) is 0.550. The molecular weight excluding hydrogens is 449 g/mol. The molecule has 3 atom stereocenters. The van der Waals surface area contributed by atoms with Crippen LogP contribution in [0, 0.1) is 29.5 Å². The predicted octanol–water partition coefficient (Wildman–Crippen LogP) is 4.41. The molecule has 0 spiro atoms. The zero-order chi connectivity index (χ0) is 25.1. The second-order valence-corrected chi connectivity index (χ2v) is 10.8. The van der Waals surface area contributed by atoms with E-state index in [0.29, 0.717) is 18.4 Å². The van der Waals surface area contributed by atoms with Crippen molar-refractivity contribution in [1.29, 1.82) is 0 Å². The Hall–Kier alpha value is -2.48. The number of carboxylic acids is 1. The number of aromatic carboxylic acids is 1. The van der Waals surface area contributed by atoms with Crippen molar-refractivity contribution in [3.05, 3.63) is 29.6 Å². The highest BCUT2D eigenvalue weighted by Gasteiger charge is 2.47. The van der Waals surface area contributed by atoms with Crippen LogP contribution in [0.15, 0.2) is 18.2 Å². The summed E-state index contributed by atoms with van der Waals surface area (Å²) in [4.78, 5) is 40.1. The number of amides is 2. The zero-order valence-electron chi connectivity index (χ0n) is 20.5. The maximum absolute atomic E-state index is 14.6. The van der Waals surface area contributed by atoms with Crippen molar-refractivity contribution in [2.24, 2.45) is 29.4 Å². The molecule has 35 heavy (non-hydrogen) atoms. The van der Waals surface area contributed by atoms with Gasteiger partial charge in [-0.2, -0.15) is 0 Å². The Kier molecular flexibility index (Phi) is 8.09. The standard InChI is InChI=1S/C27H38FN3O4/c1-16(29)17-7-9-19(10-8-17)26(33)31-14-13-21(18-5-3-2-4-6-18)24(31)25(32)30-23-12-11-20(27(34)35)15-22(23)28/h11-12,15-19,21,24H,2-10,13-14,29H2,1H3,(H,30,32)(H,34,35)/t16?,17-,19-,21-,24+/m1/s1. The number of anilines is 1. The van der Waals surface area contributed by atoms with Gasteiger partial charge in [0, 0.05) is 18.5 Å². The summed E-state index contributed by atoms with van der Waals surface area (Å²) in [7, 11) is 0. The van der Waals surface area contributed by atoms with Crippen LogP contribution in [0.1, 0.15) is 81.5 Å². The summed E-state index contributed by atoms with van der Waals surface area (Å²) in [5.41, 5.74) is 5.84. The fourth-order valence-electron chi connectivity index (χ4n) is 6.54. The summed E-state index contributed by atoms with van der Waals surface area (Å²) in [6.07, 6.45) is 9.78. The van der Waals surface area contributed by atoms with Crippen molar-refractivity contribution >= 4 is 23.5 Å². The molecule has 1 heterocycles. The molecule has 4 N–H and O–H groups in total. The number of nitrogens with one attached hydrogen (secondary N) is 1. The second kappa shape index (κ2) is 11.1. The van der Waals surface area contributed by atoms with Crippen molar-refractivity contribution in [3.63, 3.8) is 0 Å². The molecule has 2 saturated carbocycles. The van der Waals surface area contributed by atoms with E-state index in [4.69, 9.17) is 10.8 Å². The van der Waals surface area contributed by atoms with Crippen molar-refractivity contribution in [1.82, 2.24) is 4.90 Å². The smallest absolute Gasteiger partial charge is 0.335 e. The lowest BCUT2D eigenvalue weighted by Crippen LogP contribution is -2.50. The summed E-state index contributed by atoms with van der Waals surface area (Å²) >= 11 is 0. The number of nitrogens with two attached hydrogens (primary N) is 1. The van der Waals surface area contributed by atoms with Gasteiger partial charge in [0.15, 0.2) is 0 Å². The van der Waals surface area contributed by atoms with Gasteiger partial charge in [-0.15, -0.1) is 0 Å². The molecule has 1 saturated heterocycles. The number of carbonyl (C=O) groups is 3. The Bertz CT molecular complexity index is 938. The molecule has 0 bridgehead atoms. The molecule has 1 aliphatic heterocycles. The average Bonchev–Trinajstić information content (AvgIpc) is 3.30. The van der Waals surface area contributed by atoms with E-state index in [1.165, 1.54) is 18.6 Å². The number of carboxylic acid groups (broad SMARTS) is 1. The van der Waals surface area contributed by atoms with Crippen LogP contribution < -0.4 is 11.1 Å². The highest BCUT2D eigenvalue weighted by atomic mass is 19.1. The van der Waals surface area contributed by atoms with Gasteiger partial charge in [0.25, 0.3) is 0 Å². The van der Waals surface area contributed by atoms with Gasteiger partial charge >= 0.3 is 5.97 Å². The number of carbonyl (C=O) groups excluding carboxylic acids is 2. The fraction of sp³-hybridized carbons (Fsp3) is 0.667. The Morgan fingerprint density at radius 3 is 2.34 bits per heavy atom. The van der Waals surface area contributed by atoms with E-state index in [0.717, 1.165) is 63.9 Å². The summed E-state index contributed by atoms with van der Waals surface area (Å²) in [6, 6.07) is 2.95. The number of rotatable bonds is 6. The summed E-state index contributed by atoms with van der Waals surface area (Å²) < 4.78 is 14.6. The second-order valence-electron chi connectivity index (χ2n) is 10.8. The first-order valence-electron chi connectivity index (χ1n) is 13.2. The molecule has 3 fully saturated rings. The van der Waals surface area contributed by atoms with Gasteiger partial charge in [-0.1, -0.05) is 32.1 Å². The maximum atomic E-state index is 14.6. The van der Waals surface area contributed by atoms with E-state index in [9.17, 15) is 18.8 Å². The van der Waals surface area contributed by atoms with Crippen LogP contribution in [0.2, 0.25) is 0 Å². The average molecular weight is 488 g/mol. The summed E-state index contributed by atoms with van der Waals surface area (Å²) in [5, 5.41) is 11.8. The van der Waals surface area contributed by atoms with Crippen molar-refractivity contribution in [3.8, 4) is 0 Å². The third-order valence-corrected chi connectivity index (χ3v) is 8.59. The Balaban J connectivity index is 1.53. The Labute approximate surface area is 206 Å². The van der Waals surface area contributed by atoms with E-state index in [2.05, 4.69) is 5.32 Å². The lowest BCUT2D eigenvalue weighted by atomic mass is 9.76. The molecule has 3 aliphatic rings. The zero-order valence-corrected chi connectivity index (χ0v) is 20.5. The lowest BCUT2D eigenvalue weighted by molar-refractivity contribution is -0.142. The van der Waals surface area contributed by atoms with Gasteiger partial charge in [-0.25, -0.2) is 9.18 Å². The van der Waals surface area contributed by atoms with Gasteiger partial charge in [0.1, 0.15) is 11.9 Å². The molecule has 4 rings (SSSR count). The highest BCUT2D eigenvalue weighted by Crippen LogP contribution is 2.41. The molecule has 0 aromatic heterocycles. The minimum atomic E-state index is -1.23. The van der Waals surface area contributed by atoms with E-state index in [-0.39, 0.29) is 40.9 Å². The number of halogens is 1. The topological polar surface area (TPSA) is 113 Å². The predicted molar refractivity (Wildman–Crippen MR) is 131 cm³/mol. The molecule has 1 unspecified atom stereocenters. The highest BCUT2D eigenvalue weighted by molar-refractivity contribution is 5.98. The van der Waals surface area contributed by atoms with Crippen molar-refractivity contribution < 1.29 is 23.9 Å². The fourth-order valence-corrected chi connectivity index (χ4v) is 6.54. The monoisotopic (exact) mass is 487 g/mol. The van der Waals surface area contributed by atoms with Crippen molar-refractivity contribution in [2.45, 2.75) is 83.2 Å². The van der Waals surface area contributed by atoms with Gasteiger partial charge in [-0.05, 0) is 75.0 Å². The molecular formula is C27H38FN3O4. The Morgan fingerprint density at radius 1 is 1.06 bits per heavy atom. The molecule has 7 nitrogen and oxygen atoms in total. The van der Waals surface area contributed by atoms with E-state index >= 15 is 0 Å². The van der Waals surface area contributed by atoms with E-state index in [1.54, 1.807) is 4.90 Å². The number of nitrogens with zero attached hydrogens (tertiary/aromatic N) is 1. The van der Waals surface area contributed by atoms with Gasteiger partial charge in [0.05, 0.1) is 11.3 Å². The van der Waals surface area contributed by atoms with Crippen LogP contribution in [0.3, 0.4) is 0 Å². The number of hydrogen-bond donors (Lipinski definition) is 3. The molecule has 1 aromatic rings. The molecule has 1 aromatic carbocycles. The normalized spacial score (nSPS) is 28.5. The third-order valence-electron chi connectivity index (χ3n) is 8.59. The first-order chi connectivity index (χ1) is 16.8. The largest absolute Gasteiger partial charge is 0.478 e. The third kappa shape index (κ3) is 5.68. The first kappa shape index (κ1) is 25.6. The molecule has 8 heteroatoms. The van der Waals surface area contributed by atoms with E-state index < -0.39 is 17.8 Å². The molecule has 0 radical (unpaired) electrons. The SMILES string of the molecule is CC(N)[C@H]1CC[C@H](C(=O)N2CC[C@H](C3CCCCC3)[C@H]2C(=O)Nc2ccc(C(=O)O)cc2F)CC1. The minimum absolute atomic E-state index is 0.0354.